The number of hydrogen-bond acceptors (Lipinski definition) is 3. The van der Waals surface area contributed by atoms with Gasteiger partial charge in [-0.15, -0.1) is 0 Å². The lowest BCUT2D eigenvalue weighted by Gasteiger charge is -2.32. The Morgan fingerprint density at radius 2 is 2.10 bits per heavy atom. The van der Waals surface area contributed by atoms with E-state index in [9.17, 15) is 4.79 Å². The minimum atomic E-state index is 0.211. The maximum absolute atomic E-state index is 12.6. The Kier molecular flexibility index (Phi) is 5.62. The maximum atomic E-state index is 12.6. The number of benzene rings is 1. The van der Waals surface area contributed by atoms with Gasteiger partial charge in [-0.3, -0.25) is 4.79 Å². The number of hydrogen-bond donors (Lipinski definition) is 1. The fourth-order valence-corrected chi connectivity index (χ4v) is 2.93. The SMILES string of the molecule is CCOc1ccc(CC(=O)N(C(C)C)C2CCNC2)cc1. The average Bonchev–Trinajstić information content (AvgIpc) is 2.95. The number of carbonyl (C=O) groups is 1. The topological polar surface area (TPSA) is 41.6 Å². The molecule has 4 nitrogen and oxygen atoms in total. The van der Waals surface area contributed by atoms with Gasteiger partial charge in [-0.25, -0.2) is 0 Å². The van der Waals surface area contributed by atoms with E-state index in [0.29, 0.717) is 19.1 Å². The zero-order valence-corrected chi connectivity index (χ0v) is 13.3. The first kappa shape index (κ1) is 15.8. The van der Waals surface area contributed by atoms with Crippen LogP contribution in [0.15, 0.2) is 24.3 Å². The van der Waals surface area contributed by atoms with E-state index < -0.39 is 0 Å². The summed E-state index contributed by atoms with van der Waals surface area (Å²) in [6.45, 7) is 8.72. The van der Waals surface area contributed by atoms with Crippen LogP contribution >= 0.6 is 0 Å². The van der Waals surface area contributed by atoms with Gasteiger partial charge in [-0.2, -0.15) is 0 Å². The van der Waals surface area contributed by atoms with Gasteiger partial charge in [0.1, 0.15) is 5.75 Å². The van der Waals surface area contributed by atoms with Crippen molar-refractivity contribution in [2.24, 2.45) is 0 Å². The third-order valence-corrected chi connectivity index (χ3v) is 3.86. The Morgan fingerprint density at radius 3 is 2.62 bits per heavy atom. The van der Waals surface area contributed by atoms with Crippen molar-refractivity contribution in [1.82, 2.24) is 10.2 Å². The number of amides is 1. The van der Waals surface area contributed by atoms with Crippen molar-refractivity contribution in [2.75, 3.05) is 19.7 Å². The van der Waals surface area contributed by atoms with Gasteiger partial charge in [0.05, 0.1) is 13.0 Å². The summed E-state index contributed by atoms with van der Waals surface area (Å²) in [5.74, 6) is 1.07. The molecule has 0 saturated carbocycles. The van der Waals surface area contributed by atoms with Gasteiger partial charge in [0.2, 0.25) is 5.91 Å². The fourth-order valence-electron chi connectivity index (χ4n) is 2.93. The third kappa shape index (κ3) is 4.21. The van der Waals surface area contributed by atoms with Crippen LogP contribution in [0.1, 0.15) is 32.8 Å². The first-order chi connectivity index (χ1) is 10.1. The monoisotopic (exact) mass is 290 g/mol. The van der Waals surface area contributed by atoms with Gasteiger partial charge in [-0.05, 0) is 51.4 Å². The van der Waals surface area contributed by atoms with Gasteiger partial charge in [0.25, 0.3) is 0 Å². The normalized spacial score (nSPS) is 18.0. The van der Waals surface area contributed by atoms with E-state index in [0.717, 1.165) is 30.8 Å². The van der Waals surface area contributed by atoms with Crippen molar-refractivity contribution in [3.8, 4) is 5.75 Å². The maximum Gasteiger partial charge on any atom is 0.227 e. The van der Waals surface area contributed by atoms with Crippen LogP contribution in [0, 0.1) is 0 Å². The lowest BCUT2D eigenvalue weighted by molar-refractivity contribution is -0.134. The molecule has 21 heavy (non-hydrogen) atoms. The standard InChI is InChI=1S/C17H26N2O2/c1-4-21-16-7-5-14(6-8-16)11-17(20)19(13(2)3)15-9-10-18-12-15/h5-8,13,15,18H,4,9-12H2,1-3H3. The second kappa shape index (κ2) is 7.46. The molecule has 1 fully saturated rings. The summed E-state index contributed by atoms with van der Waals surface area (Å²) in [5.41, 5.74) is 1.04. The predicted molar refractivity (Wildman–Crippen MR) is 84.6 cm³/mol. The van der Waals surface area contributed by atoms with E-state index in [-0.39, 0.29) is 11.9 Å². The highest BCUT2D eigenvalue weighted by atomic mass is 16.5. The molecule has 0 aliphatic carbocycles. The minimum Gasteiger partial charge on any atom is -0.494 e. The molecule has 2 rings (SSSR count). The highest BCUT2D eigenvalue weighted by molar-refractivity contribution is 5.79. The lowest BCUT2D eigenvalue weighted by atomic mass is 10.1. The molecule has 1 aromatic rings. The molecule has 1 atom stereocenters. The first-order valence-corrected chi connectivity index (χ1v) is 7.85. The van der Waals surface area contributed by atoms with Crippen LogP contribution in [0.5, 0.6) is 5.75 Å². The Labute approximate surface area is 127 Å². The number of nitrogens with one attached hydrogen (secondary N) is 1. The molecule has 1 aliphatic heterocycles. The molecule has 4 heteroatoms. The van der Waals surface area contributed by atoms with Crippen LogP contribution in [0.3, 0.4) is 0 Å². The number of ether oxygens (including phenoxy) is 1. The number of rotatable bonds is 6. The Balaban J connectivity index is 2.00. The van der Waals surface area contributed by atoms with Crippen molar-refractivity contribution in [1.29, 1.82) is 0 Å². The molecule has 116 valence electrons. The molecule has 1 aliphatic rings. The van der Waals surface area contributed by atoms with Crippen molar-refractivity contribution in [3.63, 3.8) is 0 Å². The summed E-state index contributed by atoms with van der Waals surface area (Å²) in [4.78, 5) is 14.7. The van der Waals surface area contributed by atoms with Crippen LogP contribution in [-0.4, -0.2) is 42.6 Å². The molecule has 0 bridgehead atoms. The number of nitrogens with zero attached hydrogens (tertiary/aromatic N) is 1. The Hall–Kier alpha value is -1.55. The van der Waals surface area contributed by atoms with E-state index in [1.807, 2.05) is 36.1 Å². The molecule has 1 N–H and O–H groups in total. The molecular formula is C17H26N2O2. The smallest absolute Gasteiger partial charge is 0.227 e. The zero-order valence-electron chi connectivity index (χ0n) is 13.3. The Bertz CT molecular complexity index is 450. The van der Waals surface area contributed by atoms with Gasteiger partial charge in [0.15, 0.2) is 0 Å². The number of carbonyl (C=O) groups excluding carboxylic acids is 1. The highest BCUT2D eigenvalue weighted by Crippen LogP contribution is 2.17. The Morgan fingerprint density at radius 1 is 1.38 bits per heavy atom. The van der Waals surface area contributed by atoms with E-state index in [1.54, 1.807) is 0 Å². The fraction of sp³-hybridized carbons (Fsp3) is 0.588. The third-order valence-electron chi connectivity index (χ3n) is 3.86. The highest BCUT2D eigenvalue weighted by Gasteiger charge is 2.28. The van der Waals surface area contributed by atoms with E-state index >= 15 is 0 Å². The van der Waals surface area contributed by atoms with Crippen molar-refractivity contribution >= 4 is 5.91 Å². The predicted octanol–water partition coefficient (Wildman–Crippen LogP) is 2.23. The molecule has 1 heterocycles. The molecule has 1 saturated heterocycles. The lowest BCUT2D eigenvalue weighted by Crippen LogP contribution is -2.46. The minimum absolute atomic E-state index is 0.211. The quantitative estimate of drug-likeness (QED) is 0.873. The summed E-state index contributed by atoms with van der Waals surface area (Å²) in [6.07, 6.45) is 1.51. The van der Waals surface area contributed by atoms with Crippen LogP contribution in [0.25, 0.3) is 0 Å². The molecule has 0 radical (unpaired) electrons. The first-order valence-electron chi connectivity index (χ1n) is 7.85. The molecule has 1 unspecified atom stereocenters. The van der Waals surface area contributed by atoms with Gasteiger partial charge in [-0.1, -0.05) is 12.1 Å². The summed E-state index contributed by atoms with van der Waals surface area (Å²) < 4.78 is 5.43. The summed E-state index contributed by atoms with van der Waals surface area (Å²) >= 11 is 0. The average molecular weight is 290 g/mol. The summed E-state index contributed by atoms with van der Waals surface area (Å²) in [5, 5.41) is 3.34. The van der Waals surface area contributed by atoms with Gasteiger partial charge >= 0.3 is 0 Å². The molecule has 0 spiro atoms. The second-order valence-corrected chi connectivity index (χ2v) is 5.80. The van der Waals surface area contributed by atoms with Crippen molar-refractivity contribution in [3.05, 3.63) is 29.8 Å². The van der Waals surface area contributed by atoms with Crippen LogP contribution in [0.4, 0.5) is 0 Å². The van der Waals surface area contributed by atoms with Gasteiger partial charge < -0.3 is 15.0 Å². The zero-order chi connectivity index (χ0) is 15.2. The van der Waals surface area contributed by atoms with E-state index in [2.05, 4.69) is 19.2 Å². The summed E-state index contributed by atoms with van der Waals surface area (Å²) in [7, 11) is 0. The van der Waals surface area contributed by atoms with E-state index in [1.165, 1.54) is 0 Å². The van der Waals surface area contributed by atoms with E-state index in [4.69, 9.17) is 4.74 Å². The van der Waals surface area contributed by atoms with Crippen LogP contribution in [0.2, 0.25) is 0 Å². The largest absolute Gasteiger partial charge is 0.494 e. The van der Waals surface area contributed by atoms with Crippen LogP contribution in [-0.2, 0) is 11.2 Å². The summed E-state index contributed by atoms with van der Waals surface area (Å²) in [6, 6.07) is 8.40. The molecule has 1 aromatic carbocycles. The van der Waals surface area contributed by atoms with Gasteiger partial charge in [0, 0.05) is 18.6 Å². The van der Waals surface area contributed by atoms with Crippen LogP contribution < -0.4 is 10.1 Å². The second-order valence-electron chi connectivity index (χ2n) is 5.80. The molecular weight excluding hydrogens is 264 g/mol. The molecule has 1 amide bonds. The van der Waals surface area contributed by atoms with Crippen molar-refractivity contribution < 1.29 is 9.53 Å². The van der Waals surface area contributed by atoms with Crippen molar-refractivity contribution in [2.45, 2.75) is 45.7 Å². The molecule has 0 aromatic heterocycles.